The van der Waals surface area contributed by atoms with Crippen LogP contribution in [0.1, 0.15) is 79.9 Å². The number of benzene rings is 2. The molecule has 182 valence electrons. The highest BCUT2D eigenvalue weighted by molar-refractivity contribution is 6.01. The molecule has 2 heterocycles. The number of aliphatic hydroxyl groups is 1. The number of anilines is 1. The molecule has 1 saturated carbocycles. The van der Waals surface area contributed by atoms with Crippen LogP contribution in [-0.4, -0.2) is 29.2 Å². The van der Waals surface area contributed by atoms with Gasteiger partial charge >= 0.3 is 5.97 Å². The van der Waals surface area contributed by atoms with E-state index >= 15 is 0 Å². The highest BCUT2D eigenvalue weighted by Crippen LogP contribution is 2.49. The summed E-state index contributed by atoms with van der Waals surface area (Å²) in [7, 11) is 0. The Morgan fingerprint density at radius 3 is 2.71 bits per heavy atom. The van der Waals surface area contributed by atoms with E-state index in [-0.39, 0.29) is 12.4 Å². The molecule has 1 unspecified atom stereocenters. The minimum atomic E-state index is -1.92. The summed E-state index contributed by atoms with van der Waals surface area (Å²) in [5, 5.41) is 14.4. The predicted molar refractivity (Wildman–Crippen MR) is 132 cm³/mol. The first-order valence-corrected chi connectivity index (χ1v) is 12.3. The maximum atomic E-state index is 13.5. The second-order valence-corrected chi connectivity index (χ2v) is 10.5. The first-order chi connectivity index (χ1) is 16.7. The topological polar surface area (TPSA) is 84.9 Å². The summed E-state index contributed by atoms with van der Waals surface area (Å²) in [5.41, 5.74) is 0.869. The standard InChI is InChI=1S/C29H31NO5/c1-4-13-28(33,18-27(2,3)22-9-7-8-19-12-16-34-24(19)22)26(32)30-20-10-11-21-23(17-20)29(35-25(21)31)14-5-6-15-29/h7-11,17,33H,5-6,12,14-16,18H2,1-3H3,(H,30,32). The third-order valence-electron chi connectivity index (χ3n) is 7.54. The lowest BCUT2D eigenvalue weighted by Crippen LogP contribution is -2.46. The molecule has 2 aromatic rings. The normalized spacial score (nSPS) is 19.1. The lowest BCUT2D eigenvalue weighted by molar-refractivity contribution is -0.130. The molecule has 2 N–H and O–H groups in total. The third-order valence-corrected chi connectivity index (χ3v) is 7.54. The van der Waals surface area contributed by atoms with Gasteiger partial charge in [0.15, 0.2) is 0 Å². The molecule has 1 aliphatic carbocycles. The van der Waals surface area contributed by atoms with Gasteiger partial charge in [-0.15, -0.1) is 5.92 Å². The van der Waals surface area contributed by atoms with E-state index in [1.165, 1.54) is 0 Å². The lowest BCUT2D eigenvalue weighted by Gasteiger charge is -2.33. The number of hydrogen-bond donors (Lipinski definition) is 2. The maximum absolute atomic E-state index is 13.5. The van der Waals surface area contributed by atoms with Crippen molar-refractivity contribution in [3.05, 3.63) is 58.7 Å². The molecule has 6 heteroatoms. The van der Waals surface area contributed by atoms with Crippen molar-refractivity contribution >= 4 is 17.6 Å². The van der Waals surface area contributed by atoms with Gasteiger partial charge in [-0.1, -0.05) is 38.0 Å². The van der Waals surface area contributed by atoms with Gasteiger partial charge in [0, 0.05) is 29.7 Å². The number of para-hydroxylation sites is 1. The van der Waals surface area contributed by atoms with E-state index in [4.69, 9.17) is 9.47 Å². The van der Waals surface area contributed by atoms with Gasteiger partial charge in [-0.2, -0.15) is 0 Å². The molecule has 2 aliphatic heterocycles. The van der Waals surface area contributed by atoms with Crippen LogP contribution in [-0.2, 0) is 27.0 Å². The lowest BCUT2D eigenvalue weighted by atomic mass is 9.74. The molecule has 35 heavy (non-hydrogen) atoms. The van der Waals surface area contributed by atoms with Gasteiger partial charge in [-0.25, -0.2) is 4.79 Å². The Bertz CT molecular complexity index is 1260. The van der Waals surface area contributed by atoms with E-state index < -0.39 is 22.5 Å². The zero-order chi connectivity index (χ0) is 24.8. The van der Waals surface area contributed by atoms with Crippen molar-refractivity contribution in [2.75, 3.05) is 11.9 Å². The van der Waals surface area contributed by atoms with Crippen molar-refractivity contribution < 1.29 is 24.2 Å². The molecule has 1 fully saturated rings. The van der Waals surface area contributed by atoms with Crippen LogP contribution in [0.3, 0.4) is 0 Å². The zero-order valence-corrected chi connectivity index (χ0v) is 20.5. The van der Waals surface area contributed by atoms with Crippen molar-refractivity contribution in [1.82, 2.24) is 0 Å². The van der Waals surface area contributed by atoms with Crippen LogP contribution in [0, 0.1) is 11.8 Å². The van der Waals surface area contributed by atoms with Crippen LogP contribution in [0.2, 0.25) is 0 Å². The summed E-state index contributed by atoms with van der Waals surface area (Å²) >= 11 is 0. The Hall–Kier alpha value is -3.30. The highest BCUT2D eigenvalue weighted by atomic mass is 16.6. The molecule has 0 bridgehead atoms. The van der Waals surface area contributed by atoms with Crippen molar-refractivity contribution in [2.24, 2.45) is 0 Å². The first-order valence-electron chi connectivity index (χ1n) is 12.3. The number of esters is 1. The highest BCUT2D eigenvalue weighted by Gasteiger charge is 2.48. The molecule has 3 aliphatic rings. The molecular weight excluding hydrogens is 442 g/mol. The summed E-state index contributed by atoms with van der Waals surface area (Å²) in [6.45, 7) is 6.22. The third kappa shape index (κ3) is 3.98. The molecule has 1 amide bonds. The number of hydrogen-bond acceptors (Lipinski definition) is 5. The van der Waals surface area contributed by atoms with Crippen LogP contribution < -0.4 is 10.1 Å². The molecule has 1 atom stereocenters. The van der Waals surface area contributed by atoms with Gasteiger partial charge in [-0.05, 0) is 61.8 Å². The van der Waals surface area contributed by atoms with E-state index in [1.807, 2.05) is 38.1 Å². The number of amides is 1. The fourth-order valence-corrected chi connectivity index (χ4v) is 5.89. The summed E-state index contributed by atoms with van der Waals surface area (Å²) < 4.78 is 11.6. The largest absolute Gasteiger partial charge is 0.493 e. The number of fused-ring (bicyclic) bond motifs is 3. The number of ether oxygens (including phenoxy) is 2. The Morgan fingerprint density at radius 2 is 1.97 bits per heavy atom. The molecule has 6 nitrogen and oxygen atoms in total. The van der Waals surface area contributed by atoms with Crippen LogP contribution in [0.15, 0.2) is 36.4 Å². The van der Waals surface area contributed by atoms with Gasteiger partial charge in [0.25, 0.3) is 5.91 Å². The van der Waals surface area contributed by atoms with E-state index in [1.54, 1.807) is 19.1 Å². The van der Waals surface area contributed by atoms with E-state index in [0.717, 1.165) is 54.5 Å². The van der Waals surface area contributed by atoms with Crippen molar-refractivity contribution in [3.8, 4) is 17.6 Å². The van der Waals surface area contributed by atoms with Gasteiger partial charge < -0.3 is 19.9 Å². The number of nitrogens with one attached hydrogen (secondary N) is 1. The second kappa shape index (κ2) is 8.42. The molecule has 1 spiro atoms. The Balaban J connectivity index is 1.42. The number of rotatable bonds is 5. The Labute approximate surface area is 206 Å². The Kier molecular flexibility index (Phi) is 5.64. The summed E-state index contributed by atoms with van der Waals surface area (Å²) in [6, 6.07) is 11.2. The molecule has 5 rings (SSSR count). The van der Waals surface area contributed by atoms with Crippen LogP contribution in [0.5, 0.6) is 5.75 Å². The number of carbonyl (C=O) groups is 2. The zero-order valence-electron chi connectivity index (χ0n) is 20.5. The molecule has 0 saturated heterocycles. The van der Waals surface area contributed by atoms with E-state index in [9.17, 15) is 14.7 Å². The minimum Gasteiger partial charge on any atom is -0.493 e. The van der Waals surface area contributed by atoms with Crippen molar-refractivity contribution in [1.29, 1.82) is 0 Å². The maximum Gasteiger partial charge on any atom is 0.339 e. The van der Waals surface area contributed by atoms with Gasteiger partial charge in [-0.3, -0.25) is 4.79 Å². The average molecular weight is 474 g/mol. The fourth-order valence-electron chi connectivity index (χ4n) is 5.89. The first kappa shape index (κ1) is 23.4. The van der Waals surface area contributed by atoms with E-state index in [2.05, 4.69) is 17.2 Å². The van der Waals surface area contributed by atoms with Crippen molar-refractivity contribution in [2.45, 2.75) is 75.9 Å². The van der Waals surface area contributed by atoms with Crippen LogP contribution >= 0.6 is 0 Å². The summed E-state index contributed by atoms with van der Waals surface area (Å²) in [6.07, 6.45) is 4.50. The number of carbonyl (C=O) groups excluding carboxylic acids is 2. The molecule has 2 aromatic carbocycles. The predicted octanol–water partition coefficient (Wildman–Crippen LogP) is 4.62. The smallest absolute Gasteiger partial charge is 0.339 e. The van der Waals surface area contributed by atoms with Crippen LogP contribution in [0.4, 0.5) is 5.69 Å². The fraction of sp³-hybridized carbons (Fsp3) is 0.448. The van der Waals surface area contributed by atoms with Gasteiger partial charge in [0.1, 0.15) is 11.4 Å². The average Bonchev–Trinajstić information content (AvgIpc) is 3.53. The molecule has 0 aromatic heterocycles. The van der Waals surface area contributed by atoms with Crippen molar-refractivity contribution in [3.63, 3.8) is 0 Å². The SMILES string of the molecule is CC#CC(O)(CC(C)(C)c1cccc2c1OCC2)C(=O)Nc1ccc2c(c1)C1(CCCC1)OC2=O. The van der Waals surface area contributed by atoms with E-state index in [0.29, 0.717) is 17.9 Å². The second-order valence-electron chi connectivity index (χ2n) is 10.5. The summed E-state index contributed by atoms with van der Waals surface area (Å²) in [4.78, 5) is 25.8. The van der Waals surface area contributed by atoms with Gasteiger partial charge in [0.2, 0.25) is 5.60 Å². The monoisotopic (exact) mass is 473 g/mol. The van der Waals surface area contributed by atoms with Gasteiger partial charge in [0.05, 0.1) is 12.2 Å². The molecule has 0 radical (unpaired) electrons. The minimum absolute atomic E-state index is 0.0863. The summed E-state index contributed by atoms with van der Waals surface area (Å²) in [5.74, 6) is 5.42. The quantitative estimate of drug-likeness (QED) is 0.489. The van der Waals surface area contributed by atoms with Crippen LogP contribution in [0.25, 0.3) is 0 Å². The Morgan fingerprint density at radius 1 is 1.20 bits per heavy atom. The molecular formula is C29H31NO5.